The third kappa shape index (κ3) is 5.23. The molecule has 3 rings (SSSR count). The predicted octanol–water partition coefficient (Wildman–Crippen LogP) is 2.56. The van der Waals surface area contributed by atoms with Gasteiger partial charge in [0.05, 0.1) is 24.6 Å². The monoisotopic (exact) mass is 382 g/mol. The standard InChI is InChI=1S/C21H26N4O3/c1-24(2)17-9-7-16(8-10-17)22-20(26)15-21(27)23-18-5-3-4-6-19(18)25-11-13-28-14-12-25/h3-10H,11-15H2,1-2H3,(H,22,26)(H,23,27). The van der Waals surface area contributed by atoms with Crippen LogP contribution in [0.4, 0.5) is 22.7 Å². The lowest BCUT2D eigenvalue weighted by Crippen LogP contribution is -2.36. The van der Waals surface area contributed by atoms with Crippen molar-refractivity contribution in [3.05, 3.63) is 48.5 Å². The molecule has 0 unspecified atom stereocenters. The van der Waals surface area contributed by atoms with E-state index in [4.69, 9.17) is 4.74 Å². The van der Waals surface area contributed by atoms with Gasteiger partial charge in [-0.25, -0.2) is 0 Å². The van der Waals surface area contributed by atoms with Crippen LogP contribution >= 0.6 is 0 Å². The Kier molecular flexibility index (Phi) is 6.49. The highest BCUT2D eigenvalue weighted by atomic mass is 16.5. The molecule has 2 N–H and O–H groups in total. The van der Waals surface area contributed by atoms with Crippen LogP contribution in [0, 0.1) is 0 Å². The average molecular weight is 382 g/mol. The highest BCUT2D eigenvalue weighted by Gasteiger charge is 2.17. The van der Waals surface area contributed by atoms with Gasteiger partial charge < -0.3 is 25.2 Å². The molecule has 2 aromatic carbocycles. The molecule has 2 aromatic rings. The Morgan fingerprint density at radius 1 is 0.964 bits per heavy atom. The predicted molar refractivity (Wildman–Crippen MR) is 112 cm³/mol. The Morgan fingerprint density at radius 3 is 2.29 bits per heavy atom. The molecule has 0 saturated carbocycles. The van der Waals surface area contributed by atoms with Gasteiger partial charge in [0.25, 0.3) is 0 Å². The summed E-state index contributed by atoms with van der Waals surface area (Å²) in [5, 5.41) is 5.62. The maximum absolute atomic E-state index is 12.4. The lowest BCUT2D eigenvalue weighted by Gasteiger charge is -2.30. The summed E-state index contributed by atoms with van der Waals surface area (Å²) in [5.41, 5.74) is 3.35. The van der Waals surface area contributed by atoms with Gasteiger partial charge in [-0.2, -0.15) is 0 Å². The second-order valence-electron chi connectivity index (χ2n) is 6.83. The van der Waals surface area contributed by atoms with Crippen LogP contribution in [-0.4, -0.2) is 52.2 Å². The van der Waals surface area contributed by atoms with Gasteiger partial charge in [-0.15, -0.1) is 0 Å². The number of benzene rings is 2. The molecule has 7 nitrogen and oxygen atoms in total. The summed E-state index contributed by atoms with van der Waals surface area (Å²) >= 11 is 0. The van der Waals surface area contributed by atoms with E-state index in [1.54, 1.807) is 0 Å². The van der Waals surface area contributed by atoms with Crippen LogP contribution in [0.2, 0.25) is 0 Å². The van der Waals surface area contributed by atoms with E-state index in [1.807, 2.05) is 67.5 Å². The third-order valence-electron chi connectivity index (χ3n) is 4.52. The highest BCUT2D eigenvalue weighted by Crippen LogP contribution is 2.26. The topological polar surface area (TPSA) is 73.9 Å². The Morgan fingerprint density at radius 2 is 1.61 bits per heavy atom. The Labute approximate surface area is 165 Å². The van der Waals surface area contributed by atoms with Crippen molar-refractivity contribution in [3.8, 4) is 0 Å². The summed E-state index contributed by atoms with van der Waals surface area (Å²) in [7, 11) is 3.90. The molecule has 1 fully saturated rings. The largest absolute Gasteiger partial charge is 0.378 e. The zero-order valence-electron chi connectivity index (χ0n) is 16.3. The molecule has 1 aliphatic heterocycles. The van der Waals surface area contributed by atoms with Crippen LogP contribution in [0.3, 0.4) is 0 Å². The minimum atomic E-state index is -0.348. The van der Waals surface area contributed by atoms with Crippen LogP contribution in [-0.2, 0) is 14.3 Å². The summed E-state index contributed by atoms with van der Waals surface area (Å²) in [6, 6.07) is 15.1. The second-order valence-corrected chi connectivity index (χ2v) is 6.83. The molecular formula is C21H26N4O3. The first-order valence-corrected chi connectivity index (χ1v) is 9.32. The number of ether oxygens (including phenoxy) is 1. The summed E-state index contributed by atoms with van der Waals surface area (Å²) < 4.78 is 5.39. The first-order chi connectivity index (χ1) is 13.5. The average Bonchev–Trinajstić information content (AvgIpc) is 2.69. The van der Waals surface area contributed by atoms with Gasteiger partial charge >= 0.3 is 0 Å². The number of nitrogens with zero attached hydrogens (tertiary/aromatic N) is 2. The minimum absolute atomic E-state index is 0.243. The second kappa shape index (κ2) is 9.23. The van der Waals surface area contributed by atoms with E-state index in [0.29, 0.717) is 24.6 Å². The van der Waals surface area contributed by atoms with E-state index in [2.05, 4.69) is 15.5 Å². The van der Waals surface area contributed by atoms with Gasteiger partial charge in [0.1, 0.15) is 6.42 Å². The van der Waals surface area contributed by atoms with E-state index in [0.717, 1.165) is 24.5 Å². The maximum atomic E-state index is 12.4. The van der Waals surface area contributed by atoms with Crippen molar-refractivity contribution in [1.82, 2.24) is 0 Å². The first-order valence-electron chi connectivity index (χ1n) is 9.32. The minimum Gasteiger partial charge on any atom is -0.378 e. The molecule has 0 atom stereocenters. The van der Waals surface area contributed by atoms with E-state index in [-0.39, 0.29) is 18.2 Å². The fourth-order valence-corrected chi connectivity index (χ4v) is 3.05. The van der Waals surface area contributed by atoms with E-state index in [1.165, 1.54) is 0 Å². The van der Waals surface area contributed by atoms with Crippen molar-refractivity contribution in [2.45, 2.75) is 6.42 Å². The van der Waals surface area contributed by atoms with Crippen LogP contribution in [0.5, 0.6) is 0 Å². The molecule has 0 bridgehead atoms. The van der Waals surface area contributed by atoms with Crippen molar-refractivity contribution in [2.24, 2.45) is 0 Å². The molecule has 1 aliphatic rings. The molecule has 1 heterocycles. The number of morpholine rings is 1. The number of hydrogen-bond acceptors (Lipinski definition) is 5. The van der Waals surface area contributed by atoms with Crippen LogP contribution in [0.25, 0.3) is 0 Å². The Bertz CT molecular complexity index is 815. The maximum Gasteiger partial charge on any atom is 0.233 e. The quantitative estimate of drug-likeness (QED) is 0.751. The zero-order chi connectivity index (χ0) is 19.9. The van der Waals surface area contributed by atoms with Crippen LogP contribution in [0.1, 0.15) is 6.42 Å². The molecule has 1 saturated heterocycles. The summed E-state index contributed by atoms with van der Waals surface area (Å²) in [6.45, 7) is 2.88. The smallest absolute Gasteiger partial charge is 0.233 e. The normalized spacial score (nSPS) is 13.7. The van der Waals surface area contributed by atoms with Gasteiger partial charge in [0, 0.05) is 38.6 Å². The summed E-state index contributed by atoms with van der Waals surface area (Å²) in [5.74, 6) is -0.693. The molecule has 7 heteroatoms. The van der Waals surface area contributed by atoms with Crippen molar-refractivity contribution in [2.75, 3.05) is 60.8 Å². The highest BCUT2D eigenvalue weighted by molar-refractivity contribution is 6.09. The van der Waals surface area contributed by atoms with Gasteiger partial charge in [0.15, 0.2) is 0 Å². The molecule has 0 spiro atoms. The molecule has 0 aromatic heterocycles. The molecule has 0 aliphatic carbocycles. The van der Waals surface area contributed by atoms with E-state index in [9.17, 15) is 9.59 Å². The number of anilines is 4. The molecule has 2 amide bonds. The van der Waals surface area contributed by atoms with Crippen LogP contribution in [0.15, 0.2) is 48.5 Å². The molecule has 0 radical (unpaired) electrons. The van der Waals surface area contributed by atoms with Crippen LogP contribution < -0.4 is 20.4 Å². The number of hydrogen-bond donors (Lipinski definition) is 2. The molecule has 28 heavy (non-hydrogen) atoms. The summed E-state index contributed by atoms with van der Waals surface area (Å²) in [4.78, 5) is 28.7. The SMILES string of the molecule is CN(C)c1ccc(NC(=O)CC(=O)Nc2ccccc2N2CCOCC2)cc1. The third-order valence-corrected chi connectivity index (χ3v) is 4.52. The lowest BCUT2D eigenvalue weighted by atomic mass is 10.2. The van der Waals surface area contributed by atoms with Gasteiger partial charge in [-0.1, -0.05) is 12.1 Å². The van der Waals surface area contributed by atoms with Crippen molar-refractivity contribution in [3.63, 3.8) is 0 Å². The van der Waals surface area contributed by atoms with Gasteiger partial charge in [-0.05, 0) is 36.4 Å². The number of nitrogens with one attached hydrogen (secondary N) is 2. The van der Waals surface area contributed by atoms with Crippen molar-refractivity contribution in [1.29, 1.82) is 0 Å². The Hall–Kier alpha value is -3.06. The number of amides is 2. The van der Waals surface area contributed by atoms with E-state index >= 15 is 0 Å². The van der Waals surface area contributed by atoms with Gasteiger partial charge in [-0.3, -0.25) is 9.59 Å². The number of carbonyl (C=O) groups is 2. The van der Waals surface area contributed by atoms with Crippen molar-refractivity contribution >= 4 is 34.6 Å². The lowest BCUT2D eigenvalue weighted by molar-refractivity contribution is -0.123. The Balaban J connectivity index is 1.57. The number of carbonyl (C=O) groups excluding carboxylic acids is 2. The number of para-hydroxylation sites is 2. The first kappa shape index (κ1) is 19.7. The summed E-state index contributed by atoms with van der Waals surface area (Å²) in [6.07, 6.45) is -0.243. The zero-order valence-corrected chi connectivity index (χ0v) is 16.3. The fraction of sp³-hybridized carbons (Fsp3) is 0.333. The number of rotatable bonds is 6. The van der Waals surface area contributed by atoms with E-state index < -0.39 is 0 Å². The fourth-order valence-electron chi connectivity index (χ4n) is 3.05. The van der Waals surface area contributed by atoms with Gasteiger partial charge in [0.2, 0.25) is 11.8 Å². The molecular weight excluding hydrogens is 356 g/mol. The molecule has 148 valence electrons. The van der Waals surface area contributed by atoms with Crippen molar-refractivity contribution < 1.29 is 14.3 Å².